The summed E-state index contributed by atoms with van der Waals surface area (Å²) in [6.45, 7) is 2.06. The number of aromatic nitrogens is 1. The van der Waals surface area contributed by atoms with E-state index in [-0.39, 0.29) is 11.4 Å². The van der Waals surface area contributed by atoms with Crippen LogP contribution in [-0.2, 0) is 4.79 Å². The van der Waals surface area contributed by atoms with Gasteiger partial charge in [-0.2, -0.15) is 0 Å². The third-order valence-corrected chi connectivity index (χ3v) is 3.34. The van der Waals surface area contributed by atoms with Crippen molar-refractivity contribution in [2.45, 2.75) is 19.8 Å². The molecule has 3 N–H and O–H groups in total. The van der Waals surface area contributed by atoms with Gasteiger partial charge in [0.15, 0.2) is 5.69 Å². The molecule has 0 bridgehead atoms. The fraction of sp³-hybridized carbons (Fsp3) is 0.278. The van der Waals surface area contributed by atoms with Crippen molar-refractivity contribution in [2.75, 3.05) is 13.2 Å². The molecular formula is C18H20N2O5. The van der Waals surface area contributed by atoms with E-state index in [4.69, 9.17) is 9.84 Å². The molecule has 25 heavy (non-hydrogen) atoms. The van der Waals surface area contributed by atoms with E-state index in [1.807, 2.05) is 0 Å². The fourth-order valence-electron chi connectivity index (χ4n) is 2.17. The SMILES string of the molecule is CCC=CCCOc1ccc2nc(C(=O)NCC(=O)O)c(O)cc2c1. The van der Waals surface area contributed by atoms with Crippen LogP contribution in [0.1, 0.15) is 30.3 Å². The number of nitrogens with zero attached hydrogens (tertiary/aromatic N) is 1. The molecule has 132 valence electrons. The minimum atomic E-state index is -1.18. The summed E-state index contributed by atoms with van der Waals surface area (Å²) in [7, 11) is 0. The molecule has 0 fully saturated rings. The van der Waals surface area contributed by atoms with Crippen molar-refractivity contribution in [3.8, 4) is 11.5 Å². The first kappa shape index (κ1) is 18.3. The number of rotatable bonds is 8. The maximum Gasteiger partial charge on any atom is 0.322 e. The molecule has 0 aliphatic heterocycles. The van der Waals surface area contributed by atoms with Gasteiger partial charge in [-0.1, -0.05) is 19.1 Å². The van der Waals surface area contributed by atoms with Crippen LogP contribution in [0.25, 0.3) is 10.9 Å². The minimum Gasteiger partial charge on any atom is -0.505 e. The molecule has 0 spiro atoms. The lowest BCUT2D eigenvalue weighted by Crippen LogP contribution is -2.29. The van der Waals surface area contributed by atoms with Crippen molar-refractivity contribution in [2.24, 2.45) is 0 Å². The van der Waals surface area contributed by atoms with E-state index in [2.05, 4.69) is 29.4 Å². The first-order valence-electron chi connectivity index (χ1n) is 7.92. The number of aromatic hydroxyl groups is 1. The van der Waals surface area contributed by atoms with Gasteiger partial charge in [-0.15, -0.1) is 0 Å². The van der Waals surface area contributed by atoms with E-state index in [1.165, 1.54) is 6.07 Å². The molecule has 1 aromatic heterocycles. The van der Waals surface area contributed by atoms with Gasteiger partial charge < -0.3 is 20.3 Å². The van der Waals surface area contributed by atoms with Crippen LogP contribution < -0.4 is 10.1 Å². The molecule has 0 saturated carbocycles. The summed E-state index contributed by atoms with van der Waals surface area (Å²) in [4.78, 5) is 26.5. The molecule has 0 aliphatic carbocycles. The molecule has 0 atom stereocenters. The van der Waals surface area contributed by atoms with Crippen LogP contribution in [0.5, 0.6) is 11.5 Å². The molecule has 7 heteroatoms. The number of aliphatic carboxylic acids is 1. The van der Waals surface area contributed by atoms with Gasteiger partial charge in [0.05, 0.1) is 12.1 Å². The van der Waals surface area contributed by atoms with Crippen LogP contribution in [0.4, 0.5) is 0 Å². The number of amides is 1. The third-order valence-electron chi connectivity index (χ3n) is 3.34. The number of carboxylic acid groups (broad SMARTS) is 1. The summed E-state index contributed by atoms with van der Waals surface area (Å²) in [6.07, 6.45) is 5.92. The Hall–Kier alpha value is -3.09. The Morgan fingerprint density at radius 1 is 1.28 bits per heavy atom. The first-order valence-corrected chi connectivity index (χ1v) is 7.92. The van der Waals surface area contributed by atoms with E-state index in [0.29, 0.717) is 23.3 Å². The number of allylic oxidation sites excluding steroid dienone is 1. The van der Waals surface area contributed by atoms with Crippen LogP contribution in [0, 0.1) is 0 Å². The van der Waals surface area contributed by atoms with Gasteiger partial charge in [0.25, 0.3) is 5.91 Å². The number of carboxylic acids is 1. The molecule has 2 aromatic rings. The molecule has 7 nitrogen and oxygen atoms in total. The van der Waals surface area contributed by atoms with Gasteiger partial charge in [0.2, 0.25) is 0 Å². The van der Waals surface area contributed by atoms with Crippen molar-refractivity contribution in [1.29, 1.82) is 0 Å². The molecule has 0 saturated heterocycles. The number of carbonyl (C=O) groups is 2. The molecule has 0 radical (unpaired) electrons. The second kappa shape index (κ2) is 8.68. The molecule has 1 amide bonds. The summed E-state index contributed by atoms with van der Waals surface area (Å²) in [5, 5.41) is 21.4. The van der Waals surface area contributed by atoms with Crippen molar-refractivity contribution in [3.63, 3.8) is 0 Å². The maximum absolute atomic E-state index is 11.9. The van der Waals surface area contributed by atoms with Gasteiger partial charge in [-0.25, -0.2) is 4.98 Å². The highest BCUT2D eigenvalue weighted by Crippen LogP contribution is 2.25. The zero-order valence-electron chi connectivity index (χ0n) is 13.9. The van der Waals surface area contributed by atoms with E-state index >= 15 is 0 Å². The summed E-state index contributed by atoms with van der Waals surface area (Å²) in [5.41, 5.74) is 0.281. The van der Waals surface area contributed by atoms with E-state index in [0.717, 1.165) is 12.8 Å². The number of benzene rings is 1. The van der Waals surface area contributed by atoms with Crippen LogP contribution >= 0.6 is 0 Å². The molecule has 0 aliphatic rings. The van der Waals surface area contributed by atoms with E-state index in [1.54, 1.807) is 18.2 Å². The van der Waals surface area contributed by atoms with Crippen LogP contribution in [0.3, 0.4) is 0 Å². The normalized spacial score (nSPS) is 10.9. The molecule has 0 unspecified atom stereocenters. The lowest BCUT2D eigenvalue weighted by molar-refractivity contribution is -0.135. The molecule has 2 rings (SSSR count). The van der Waals surface area contributed by atoms with Crippen LogP contribution in [-0.4, -0.2) is 40.2 Å². The predicted octanol–water partition coefficient (Wildman–Crippen LogP) is 2.49. The smallest absolute Gasteiger partial charge is 0.322 e. The van der Waals surface area contributed by atoms with Crippen molar-refractivity contribution < 1.29 is 24.5 Å². The summed E-state index contributed by atoms with van der Waals surface area (Å²) in [6, 6.07) is 6.54. The summed E-state index contributed by atoms with van der Waals surface area (Å²) < 4.78 is 5.64. The van der Waals surface area contributed by atoms with E-state index < -0.39 is 18.4 Å². The number of fused-ring (bicyclic) bond motifs is 1. The zero-order valence-corrected chi connectivity index (χ0v) is 13.9. The van der Waals surface area contributed by atoms with E-state index in [9.17, 15) is 14.7 Å². The Morgan fingerprint density at radius 2 is 2.08 bits per heavy atom. The highest BCUT2D eigenvalue weighted by molar-refractivity contribution is 5.99. The Kier molecular flexibility index (Phi) is 6.33. The van der Waals surface area contributed by atoms with Gasteiger partial charge in [0, 0.05) is 5.39 Å². The lowest BCUT2D eigenvalue weighted by Gasteiger charge is -2.08. The number of ether oxygens (including phenoxy) is 1. The first-order chi connectivity index (χ1) is 12.0. The Bertz CT molecular complexity index is 801. The van der Waals surface area contributed by atoms with Crippen molar-refractivity contribution >= 4 is 22.8 Å². The Labute approximate surface area is 145 Å². The Balaban J connectivity index is 2.13. The third kappa shape index (κ3) is 5.20. The number of nitrogens with one attached hydrogen (secondary N) is 1. The highest BCUT2D eigenvalue weighted by atomic mass is 16.5. The Morgan fingerprint density at radius 3 is 2.80 bits per heavy atom. The lowest BCUT2D eigenvalue weighted by atomic mass is 10.1. The van der Waals surface area contributed by atoms with Crippen molar-refractivity contribution in [3.05, 3.63) is 42.1 Å². The average molecular weight is 344 g/mol. The monoisotopic (exact) mass is 344 g/mol. The van der Waals surface area contributed by atoms with Gasteiger partial charge >= 0.3 is 5.97 Å². The zero-order chi connectivity index (χ0) is 18.2. The largest absolute Gasteiger partial charge is 0.505 e. The van der Waals surface area contributed by atoms with Crippen LogP contribution in [0.15, 0.2) is 36.4 Å². The minimum absolute atomic E-state index is 0.216. The molecular weight excluding hydrogens is 324 g/mol. The fourth-order valence-corrected chi connectivity index (χ4v) is 2.17. The molecule has 1 heterocycles. The highest BCUT2D eigenvalue weighted by Gasteiger charge is 2.15. The number of pyridine rings is 1. The maximum atomic E-state index is 11.9. The van der Waals surface area contributed by atoms with Crippen LogP contribution in [0.2, 0.25) is 0 Å². The molecule has 1 aromatic carbocycles. The predicted molar refractivity (Wildman–Crippen MR) is 92.9 cm³/mol. The number of carbonyl (C=O) groups excluding carboxylic acids is 1. The second-order valence-electron chi connectivity index (χ2n) is 5.30. The number of hydrogen-bond acceptors (Lipinski definition) is 5. The average Bonchev–Trinajstić information content (AvgIpc) is 2.58. The van der Waals surface area contributed by atoms with Gasteiger partial charge in [-0.05, 0) is 37.1 Å². The van der Waals surface area contributed by atoms with Crippen molar-refractivity contribution in [1.82, 2.24) is 10.3 Å². The quantitative estimate of drug-likeness (QED) is 0.501. The topological polar surface area (TPSA) is 109 Å². The summed E-state index contributed by atoms with van der Waals surface area (Å²) in [5.74, 6) is -1.60. The van der Waals surface area contributed by atoms with Gasteiger partial charge in [-0.3, -0.25) is 9.59 Å². The number of hydrogen-bond donors (Lipinski definition) is 3. The van der Waals surface area contributed by atoms with Gasteiger partial charge in [0.1, 0.15) is 18.0 Å². The second-order valence-corrected chi connectivity index (χ2v) is 5.30. The summed E-state index contributed by atoms with van der Waals surface area (Å²) >= 11 is 0. The standard InChI is InChI=1S/C18H20N2O5/c1-2-3-4-5-8-25-13-6-7-14-12(9-13)10-15(21)17(20-14)18(24)19-11-16(22)23/h3-4,6-7,9-10,21H,2,5,8,11H2,1H3,(H,19,24)(H,22,23).